The molecular weight excluding hydrogens is 178 g/mol. The lowest BCUT2D eigenvalue weighted by molar-refractivity contribution is 0.968. The van der Waals surface area contributed by atoms with Crippen LogP contribution in [0.25, 0.3) is 0 Å². The number of anilines is 1. The maximum absolute atomic E-state index is 11.1. The SMILES string of the molecule is Cc1nc(N(C)C)c(Cl)c(=O)[nH]1. The van der Waals surface area contributed by atoms with Crippen molar-refractivity contribution in [3.8, 4) is 0 Å². The Kier molecular flexibility index (Phi) is 2.38. The largest absolute Gasteiger partial charge is 0.361 e. The highest BCUT2D eigenvalue weighted by Gasteiger charge is 2.08. The van der Waals surface area contributed by atoms with Gasteiger partial charge in [-0.05, 0) is 6.92 Å². The van der Waals surface area contributed by atoms with Crippen LogP contribution in [0.1, 0.15) is 5.82 Å². The van der Waals surface area contributed by atoms with Crippen LogP contribution in [-0.2, 0) is 0 Å². The van der Waals surface area contributed by atoms with Crippen molar-refractivity contribution < 1.29 is 0 Å². The highest BCUT2D eigenvalue weighted by Crippen LogP contribution is 2.15. The van der Waals surface area contributed by atoms with Crippen LogP contribution in [0.5, 0.6) is 0 Å². The number of aryl methyl sites for hydroxylation is 1. The van der Waals surface area contributed by atoms with Gasteiger partial charge in [0, 0.05) is 14.1 Å². The fourth-order valence-electron chi connectivity index (χ4n) is 0.853. The van der Waals surface area contributed by atoms with E-state index in [0.717, 1.165) is 0 Å². The van der Waals surface area contributed by atoms with Crippen LogP contribution in [-0.4, -0.2) is 24.1 Å². The monoisotopic (exact) mass is 187 g/mol. The Morgan fingerprint density at radius 2 is 2.08 bits per heavy atom. The maximum Gasteiger partial charge on any atom is 0.271 e. The molecule has 0 spiro atoms. The molecule has 5 heteroatoms. The molecule has 1 rings (SSSR count). The fraction of sp³-hybridized carbons (Fsp3) is 0.429. The average Bonchev–Trinajstić information content (AvgIpc) is 1.96. The zero-order chi connectivity index (χ0) is 9.30. The van der Waals surface area contributed by atoms with Gasteiger partial charge in [0.05, 0.1) is 0 Å². The molecule has 0 bridgehead atoms. The van der Waals surface area contributed by atoms with E-state index in [1.807, 2.05) is 0 Å². The van der Waals surface area contributed by atoms with E-state index >= 15 is 0 Å². The second-order valence-corrected chi connectivity index (χ2v) is 3.06. The molecule has 0 unspecified atom stereocenters. The van der Waals surface area contributed by atoms with Gasteiger partial charge >= 0.3 is 0 Å². The number of H-pyrrole nitrogens is 1. The molecule has 0 fully saturated rings. The van der Waals surface area contributed by atoms with Gasteiger partial charge in [0.15, 0.2) is 5.82 Å². The molecule has 0 atom stereocenters. The molecule has 4 nitrogen and oxygen atoms in total. The first-order valence-corrected chi connectivity index (χ1v) is 3.84. The van der Waals surface area contributed by atoms with E-state index in [1.165, 1.54) is 0 Å². The number of nitrogens with one attached hydrogen (secondary N) is 1. The van der Waals surface area contributed by atoms with Crippen LogP contribution >= 0.6 is 11.6 Å². The average molecular weight is 188 g/mol. The van der Waals surface area contributed by atoms with E-state index in [-0.39, 0.29) is 10.6 Å². The number of aromatic amines is 1. The number of halogens is 1. The van der Waals surface area contributed by atoms with Gasteiger partial charge in [0.25, 0.3) is 5.56 Å². The molecule has 1 N–H and O–H groups in total. The lowest BCUT2D eigenvalue weighted by Gasteiger charge is -2.12. The topological polar surface area (TPSA) is 49.0 Å². The number of hydrogen-bond donors (Lipinski definition) is 1. The molecule has 0 radical (unpaired) electrons. The molecule has 0 amide bonds. The van der Waals surface area contributed by atoms with E-state index in [4.69, 9.17) is 11.6 Å². The van der Waals surface area contributed by atoms with Gasteiger partial charge in [-0.3, -0.25) is 4.79 Å². The summed E-state index contributed by atoms with van der Waals surface area (Å²) in [6.07, 6.45) is 0. The quantitative estimate of drug-likeness (QED) is 0.708. The lowest BCUT2D eigenvalue weighted by atomic mass is 10.5. The Morgan fingerprint density at radius 3 is 2.58 bits per heavy atom. The number of rotatable bonds is 1. The van der Waals surface area contributed by atoms with Crippen molar-refractivity contribution in [2.75, 3.05) is 19.0 Å². The summed E-state index contributed by atoms with van der Waals surface area (Å²) in [6, 6.07) is 0. The molecule has 0 saturated heterocycles. The molecule has 1 aromatic heterocycles. The van der Waals surface area contributed by atoms with Crippen molar-refractivity contribution in [3.05, 3.63) is 21.2 Å². The molecule has 66 valence electrons. The van der Waals surface area contributed by atoms with Crippen LogP contribution in [0.15, 0.2) is 4.79 Å². The van der Waals surface area contributed by atoms with E-state index < -0.39 is 0 Å². The maximum atomic E-state index is 11.1. The molecule has 0 aliphatic rings. The molecule has 0 saturated carbocycles. The van der Waals surface area contributed by atoms with E-state index in [9.17, 15) is 4.79 Å². The number of hydrogen-bond acceptors (Lipinski definition) is 3. The van der Waals surface area contributed by atoms with Crippen molar-refractivity contribution in [1.29, 1.82) is 0 Å². The highest BCUT2D eigenvalue weighted by atomic mass is 35.5. The number of aromatic nitrogens is 2. The Bertz CT molecular complexity index is 345. The zero-order valence-corrected chi connectivity index (χ0v) is 7.94. The summed E-state index contributed by atoms with van der Waals surface area (Å²) in [6.45, 7) is 1.71. The first-order valence-electron chi connectivity index (χ1n) is 3.46. The minimum absolute atomic E-state index is 0.130. The summed E-state index contributed by atoms with van der Waals surface area (Å²) >= 11 is 5.71. The van der Waals surface area contributed by atoms with Crippen molar-refractivity contribution in [3.63, 3.8) is 0 Å². The van der Waals surface area contributed by atoms with Gasteiger partial charge in [-0.1, -0.05) is 11.6 Å². The lowest BCUT2D eigenvalue weighted by Crippen LogP contribution is -2.19. The smallest absolute Gasteiger partial charge is 0.271 e. The molecule has 0 aromatic carbocycles. The standard InChI is InChI=1S/C7H10ClN3O/c1-4-9-6(11(2)3)5(8)7(12)10-4/h1-3H3,(H,9,10,12). The summed E-state index contributed by atoms with van der Waals surface area (Å²) in [5, 5.41) is 0.130. The normalized spacial score (nSPS) is 10.0. The highest BCUT2D eigenvalue weighted by molar-refractivity contribution is 6.32. The summed E-state index contributed by atoms with van der Waals surface area (Å²) in [7, 11) is 3.57. The second-order valence-electron chi connectivity index (χ2n) is 2.68. The van der Waals surface area contributed by atoms with E-state index in [2.05, 4.69) is 9.97 Å². The Morgan fingerprint density at radius 1 is 1.50 bits per heavy atom. The Labute approximate surface area is 75.2 Å². The summed E-state index contributed by atoms with van der Waals surface area (Å²) in [5.74, 6) is 1.06. The summed E-state index contributed by atoms with van der Waals surface area (Å²) < 4.78 is 0. The third-order valence-corrected chi connectivity index (χ3v) is 1.73. The van der Waals surface area contributed by atoms with Gasteiger partial charge < -0.3 is 9.88 Å². The third-order valence-electron chi connectivity index (χ3n) is 1.39. The number of nitrogens with zero attached hydrogens (tertiary/aromatic N) is 2. The van der Waals surface area contributed by atoms with Crippen molar-refractivity contribution in [1.82, 2.24) is 9.97 Å². The third kappa shape index (κ3) is 1.58. The van der Waals surface area contributed by atoms with Gasteiger partial charge in [0.2, 0.25) is 0 Å². The van der Waals surface area contributed by atoms with Gasteiger partial charge in [-0.15, -0.1) is 0 Å². The zero-order valence-electron chi connectivity index (χ0n) is 7.18. The van der Waals surface area contributed by atoms with Gasteiger partial charge in [-0.2, -0.15) is 0 Å². The first kappa shape index (κ1) is 9.06. The van der Waals surface area contributed by atoms with E-state index in [0.29, 0.717) is 11.6 Å². The minimum Gasteiger partial charge on any atom is -0.361 e. The van der Waals surface area contributed by atoms with Crippen LogP contribution in [0, 0.1) is 6.92 Å². The van der Waals surface area contributed by atoms with E-state index in [1.54, 1.807) is 25.9 Å². The molecule has 1 heterocycles. The Balaban J connectivity index is 3.38. The first-order chi connectivity index (χ1) is 5.52. The molecule has 1 aromatic rings. The predicted molar refractivity (Wildman–Crippen MR) is 48.9 cm³/mol. The van der Waals surface area contributed by atoms with Crippen LogP contribution < -0.4 is 10.5 Å². The molecule has 12 heavy (non-hydrogen) atoms. The van der Waals surface area contributed by atoms with Gasteiger partial charge in [0.1, 0.15) is 10.8 Å². The van der Waals surface area contributed by atoms with Crippen LogP contribution in [0.3, 0.4) is 0 Å². The fourth-order valence-corrected chi connectivity index (χ4v) is 1.11. The molecular formula is C7H10ClN3O. The van der Waals surface area contributed by atoms with Crippen LogP contribution in [0.4, 0.5) is 5.82 Å². The second kappa shape index (κ2) is 3.15. The van der Waals surface area contributed by atoms with Gasteiger partial charge in [-0.25, -0.2) is 4.98 Å². The predicted octanol–water partition coefficient (Wildman–Crippen LogP) is 0.798. The Hall–Kier alpha value is -1.03. The van der Waals surface area contributed by atoms with Crippen LogP contribution in [0.2, 0.25) is 5.02 Å². The van der Waals surface area contributed by atoms with Crippen molar-refractivity contribution >= 4 is 17.4 Å². The molecule has 0 aliphatic carbocycles. The summed E-state index contributed by atoms with van der Waals surface area (Å²) in [4.78, 5) is 19.4. The minimum atomic E-state index is -0.298. The van der Waals surface area contributed by atoms with Crippen molar-refractivity contribution in [2.24, 2.45) is 0 Å². The molecule has 0 aliphatic heterocycles. The summed E-state index contributed by atoms with van der Waals surface area (Å²) in [5.41, 5.74) is -0.298. The van der Waals surface area contributed by atoms with Crippen molar-refractivity contribution in [2.45, 2.75) is 6.92 Å².